The Balaban J connectivity index is 1.21. The number of amides is 1. The van der Waals surface area contributed by atoms with Crippen LogP contribution in [0.1, 0.15) is 24.8 Å². The van der Waals surface area contributed by atoms with E-state index in [1.165, 1.54) is 16.5 Å². The van der Waals surface area contributed by atoms with Crippen molar-refractivity contribution in [2.24, 2.45) is 11.8 Å². The molecule has 6 heteroatoms. The predicted octanol–water partition coefficient (Wildman–Crippen LogP) is 5.81. The number of pyridine rings is 1. The lowest BCUT2D eigenvalue weighted by atomic mass is 10.0. The summed E-state index contributed by atoms with van der Waals surface area (Å²) >= 11 is 0. The number of imidazole rings is 1. The standard InChI is InChI=1S/C30H29N5O/c1-19-14-27-29(32-16-19)35(18-20-11-13-34(17-20)30(36)24-7-8-24)28(33-27)23-5-2-21(3-6-23)25-9-4-22-10-12-31-26(22)15-25/h2-6,9-10,12,14-16,20,24,31H,7-8,11,13,17-18H2,1H3. The maximum absolute atomic E-state index is 12.6. The van der Waals surface area contributed by atoms with E-state index in [1.807, 2.05) is 12.4 Å². The summed E-state index contributed by atoms with van der Waals surface area (Å²) in [6.45, 7) is 4.58. The van der Waals surface area contributed by atoms with E-state index in [1.54, 1.807) is 0 Å². The number of benzene rings is 2. The first-order chi connectivity index (χ1) is 17.6. The van der Waals surface area contributed by atoms with Crippen LogP contribution in [0.2, 0.25) is 0 Å². The van der Waals surface area contributed by atoms with E-state index in [2.05, 4.69) is 76.0 Å². The molecular formula is C30H29N5O. The number of aromatic nitrogens is 4. The van der Waals surface area contributed by atoms with Crippen molar-refractivity contribution >= 4 is 28.0 Å². The van der Waals surface area contributed by atoms with Gasteiger partial charge in [0.15, 0.2) is 5.65 Å². The molecule has 5 aromatic rings. The molecule has 1 amide bonds. The van der Waals surface area contributed by atoms with Gasteiger partial charge in [0.2, 0.25) is 5.91 Å². The van der Waals surface area contributed by atoms with Gasteiger partial charge in [-0.15, -0.1) is 0 Å². The summed E-state index contributed by atoms with van der Waals surface area (Å²) < 4.78 is 2.27. The van der Waals surface area contributed by atoms with Crippen molar-refractivity contribution in [3.05, 3.63) is 72.6 Å². The summed E-state index contributed by atoms with van der Waals surface area (Å²) in [5, 5.41) is 1.22. The Kier molecular flexibility index (Phi) is 4.94. The van der Waals surface area contributed by atoms with Gasteiger partial charge in [-0.3, -0.25) is 4.79 Å². The fourth-order valence-corrected chi connectivity index (χ4v) is 5.57. The lowest BCUT2D eigenvalue weighted by Crippen LogP contribution is -2.30. The molecule has 1 aliphatic carbocycles. The van der Waals surface area contributed by atoms with Gasteiger partial charge >= 0.3 is 0 Å². The van der Waals surface area contributed by atoms with Gasteiger partial charge in [-0.05, 0) is 72.4 Å². The zero-order valence-electron chi connectivity index (χ0n) is 20.4. The van der Waals surface area contributed by atoms with Crippen molar-refractivity contribution < 1.29 is 4.79 Å². The van der Waals surface area contributed by atoms with Gasteiger partial charge < -0.3 is 14.5 Å². The highest BCUT2D eigenvalue weighted by atomic mass is 16.2. The Morgan fingerprint density at radius 1 is 1.00 bits per heavy atom. The Morgan fingerprint density at radius 2 is 1.81 bits per heavy atom. The number of carbonyl (C=O) groups excluding carboxylic acids is 1. The SMILES string of the molecule is Cc1cnc2c(c1)nc(-c1ccc(-c3ccc4cc[nH]c4c3)cc1)n2CC1CCN(C(=O)C2CC2)C1. The van der Waals surface area contributed by atoms with Crippen LogP contribution in [-0.4, -0.2) is 43.4 Å². The Labute approximate surface area is 210 Å². The second-order valence-corrected chi connectivity index (χ2v) is 10.5. The monoisotopic (exact) mass is 475 g/mol. The lowest BCUT2D eigenvalue weighted by Gasteiger charge is -2.17. The molecule has 2 fully saturated rings. The number of hydrogen-bond acceptors (Lipinski definition) is 3. The van der Waals surface area contributed by atoms with Crippen LogP contribution in [0.5, 0.6) is 0 Å². The van der Waals surface area contributed by atoms with E-state index in [9.17, 15) is 4.79 Å². The van der Waals surface area contributed by atoms with Gasteiger partial charge in [0.25, 0.3) is 0 Å². The van der Waals surface area contributed by atoms with E-state index in [0.717, 1.165) is 72.5 Å². The summed E-state index contributed by atoms with van der Waals surface area (Å²) in [7, 11) is 0. The van der Waals surface area contributed by atoms with Gasteiger partial charge in [0.1, 0.15) is 11.3 Å². The number of nitrogens with one attached hydrogen (secondary N) is 1. The molecule has 0 spiro atoms. The molecule has 1 atom stereocenters. The first-order valence-electron chi connectivity index (χ1n) is 12.9. The average Bonchev–Trinajstić information content (AvgIpc) is 3.30. The molecular weight excluding hydrogens is 446 g/mol. The number of likely N-dealkylation sites (tertiary alicyclic amines) is 1. The van der Waals surface area contributed by atoms with Gasteiger partial charge in [0, 0.05) is 49.0 Å². The van der Waals surface area contributed by atoms with Crippen molar-refractivity contribution in [3.8, 4) is 22.5 Å². The third kappa shape index (κ3) is 3.77. The number of carbonyl (C=O) groups is 1. The quantitative estimate of drug-likeness (QED) is 0.349. The molecule has 2 aromatic carbocycles. The zero-order chi connectivity index (χ0) is 24.2. The van der Waals surface area contributed by atoms with Crippen molar-refractivity contribution in [2.45, 2.75) is 32.7 Å². The third-order valence-corrected chi connectivity index (χ3v) is 7.72. The predicted molar refractivity (Wildman–Crippen MR) is 142 cm³/mol. The zero-order valence-corrected chi connectivity index (χ0v) is 20.4. The second kappa shape index (κ2) is 8.33. The summed E-state index contributed by atoms with van der Waals surface area (Å²) in [5.74, 6) is 2.00. The molecule has 0 radical (unpaired) electrons. The van der Waals surface area contributed by atoms with Crippen LogP contribution < -0.4 is 0 Å². The fraction of sp³-hybridized carbons (Fsp3) is 0.300. The molecule has 1 aliphatic heterocycles. The molecule has 2 aliphatic rings. The molecule has 1 saturated carbocycles. The largest absolute Gasteiger partial charge is 0.361 e. The minimum absolute atomic E-state index is 0.286. The highest BCUT2D eigenvalue weighted by Crippen LogP contribution is 2.34. The molecule has 6 nitrogen and oxygen atoms in total. The molecule has 4 heterocycles. The maximum Gasteiger partial charge on any atom is 0.225 e. The van der Waals surface area contributed by atoms with Crippen molar-refractivity contribution in [3.63, 3.8) is 0 Å². The van der Waals surface area contributed by atoms with Crippen LogP contribution in [0.4, 0.5) is 0 Å². The molecule has 1 N–H and O–H groups in total. The molecule has 36 heavy (non-hydrogen) atoms. The lowest BCUT2D eigenvalue weighted by molar-refractivity contribution is -0.131. The van der Waals surface area contributed by atoms with Crippen LogP contribution >= 0.6 is 0 Å². The normalized spacial score (nSPS) is 17.9. The number of rotatable bonds is 5. The molecule has 1 saturated heterocycles. The molecule has 0 bridgehead atoms. The van der Waals surface area contributed by atoms with Crippen molar-refractivity contribution in [2.75, 3.05) is 13.1 Å². The average molecular weight is 476 g/mol. The summed E-state index contributed by atoms with van der Waals surface area (Å²) in [4.78, 5) is 27.8. The number of hydrogen-bond donors (Lipinski definition) is 1. The summed E-state index contributed by atoms with van der Waals surface area (Å²) in [6, 6.07) is 19.4. The van der Waals surface area contributed by atoms with E-state index in [4.69, 9.17) is 9.97 Å². The number of H-pyrrole nitrogens is 1. The van der Waals surface area contributed by atoms with Gasteiger partial charge in [0.05, 0.1) is 0 Å². The van der Waals surface area contributed by atoms with Gasteiger partial charge in [-0.2, -0.15) is 0 Å². The Morgan fingerprint density at radius 3 is 2.64 bits per heavy atom. The Bertz CT molecular complexity index is 1590. The first kappa shape index (κ1) is 21.4. The van der Waals surface area contributed by atoms with Crippen molar-refractivity contribution in [1.82, 2.24) is 24.4 Å². The highest BCUT2D eigenvalue weighted by molar-refractivity contribution is 5.85. The van der Waals surface area contributed by atoms with E-state index >= 15 is 0 Å². The first-order valence-corrected chi connectivity index (χ1v) is 12.9. The van der Waals surface area contributed by atoms with Crippen LogP contribution in [-0.2, 0) is 11.3 Å². The van der Waals surface area contributed by atoms with Crippen molar-refractivity contribution in [1.29, 1.82) is 0 Å². The fourth-order valence-electron chi connectivity index (χ4n) is 5.57. The van der Waals surface area contributed by atoms with Gasteiger partial charge in [-0.25, -0.2) is 9.97 Å². The minimum atomic E-state index is 0.286. The van der Waals surface area contributed by atoms with E-state index in [0.29, 0.717) is 11.8 Å². The van der Waals surface area contributed by atoms with Crippen LogP contribution in [0.3, 0.4) is 0 Å². The molecule has 1 unspecified atom stereocenters. The summed E-state index contributed by atoms with van der Waals surface area (Å²) in [5.41, 5.74) is 7.55. The summed E-state index contributed by atoms with van der Waals surface area (Å²) in [6.07, 6.45) is 7.05. The smallest absolute Gasteiger partial charge is 0.225 e. The number of aromatic amines is 1. The molecule has 3 aromatic heterocycles. The minimum Gasteiger partial charge on any atom is -0.361 e. The topological polar surface area (TPSA) is 66.8 Å². The number of fused-ring (bicyclic) bond motifs is 2. The third-order valence-electron chi connectivity index (χ3n) is 7.72. The van der Waals surface area contributed by atoms with E-state index in [-0.39, 0.29) is 5.92 Å². The van der Waals surface area contributed by atoms with Gasteiger partial charge in [-0.1, -0.05) is 36.4 Å². The van der Waals surface area contributed by atoms with Crippen LogP contribution in [0.25, 0.3) is 44.6 Å². The number of nitrogens with zero attached hydrogens (tertiary/aromatic N) is 4. The van der Waals surface area contributed by atoms with Crippen LogP contribution in [0, 0.1) is 18.8 Å². The Hall–Kier alpha value is -3.93. The van der Waals surface area contributed by atoms with E-state index < -0.39 is 0 Å². The maximum atomic E-state index is 12.6. The molecule has 180 valence electrons. The second-order valence-electron chi connectivity index (χ2n) is 10.5. The number of aryl methyl sites for hydroxylation is 1. The molecule has 7 rings (SSSR count). The van der Waals surface area contributed by atoms with Crippen LogP contribution in [0.15, 0.2) is 67.0 Å². The highest BCUT2D eigenvalue weighted by Gasteiger charge is 2.36.